The van der Waals surface area contributed by atoms with Gasteiger partial charge in [0.25, 0.3) is 0 Å². The van der Waals surface area contributed by atoms with Crippen LogP contribution in [0, 0.1) is 0 Å². The monoisotopic (exact) mass is 294 g/mol. The highest BCUT2D eigenvalue weighted by Gasteiger charge is 2.25. The molecule has 0 aliphatic carbocycles. The van der Waals surface area contributed by atoms with Gasteiger partial charge in [0.1, 0.15) is 0 Å². The van der Waals surface area contributed by atoms with Gasteiger partial charge in [-0.1, -0.05) is 0 Å². The van der Waals surface area contributed by atoms with Crippen molar-refractivity contribution in [2.24, 2.45) is 0 Å². The molecule has 0 radical (unpaired) electrons. The predicted octanol–water partition coefficient (Wildman–Crippen LogP) is 1.37. The Bertz CT molecular complexity index is 455. The normalized spacial score (nSPS) is 22.2. The van der Waals surface area contributed by atoms with E-state index in [1.165, 1.54) is 0 Å². The molecular formula is C14H26N6O. The predicted molar refractivity (Wildman–Crippen MR) is 85.2 cm³/mol. The second-order valence-electron chi connectivity index (χ2n) is 5.34. The number of nitrogens with one attached hydrogen (secondary N) is 1. The van der Waals surface area contributed by atoms with Crippen LogP contribution in [0.1, 0.15) is 27.7 Å². The summed E-state index contributed by atoms with van der Waals surface area (Å²) < 4.78 is 5.78. The fraction of sp³-hybridized carbons (Fsp3) is 0.786. The molecule has 0 unspecified atom stereocenters. The Balaban J connectivity index is 2.31. The van der Waals surface area contributed by atoms with Crippen LogP contribution in [0.15, 0.2) is 0 Å². The number of aromatic nitrogens is 3. The second-order valence-corrected chi connectivity index (χ2v) is 5.34. The first-order chi connectivity index (χ1) is 10.1. The lowest BCUT2D eigenvalue weighted by Crippen LogP contribution is -2.46. The van der Waals surface area contributed by atoms with E-state index in [1.54, 1.807) is 0 Å². The maximum atomic E-state index is 5.78. The minimum Gasteiger partial charge on any atom is -0.372 e. The van der Waals surface area contributed by atoms with Crippen LogP contribution in [0.2, 0.25) is 0 Å². The number of nitrogens with zero attached hydrogens (tertiary/aromatic N) is 5. The van der Waals surface area contributed by atoms with Crippen LogP contribution in [-0.2, 0) is 4.74 Å². The van der Waals surface area contributed by atoms with Gasteiger partial charge >= 0.3 is 0 Å². The molecular weight excluding hydrogens is 268 g/mol. The molecule has 21 heavy (non-hydrogen) atoms. The van der Waals surface area contributed by atoms with Gasteiger partial charge in [-0.2, -0.15) is 15.0 Å². The minimum absolute atomic E-state index is 0.181. The van der Waals surface area contributed by atoms with E-state index in [2.05, 4.69) is 57.8 Å². The quantitative estimate of drug-likeness (QED) is 0.879. The zero-order valence-electron chi connectivity index (χ0n) is 13.6. The molecule has 1 saturated heterocycles. The minimum atomic E-state index is 0.181. The van der Waals surface area contributed by atoms with Crippen molar-refractivity contribution in [2.45, 2.75) is 39.9 Å². The highest BCUT2D eigenvalue weighted by molar-refractivity contribution is 5.45. The van der Waals surface area contributed by atoms with Crippen LogP contribution in [0.4, 0.5) is 17.8 Å². The summed E-state index contributed by atoms with van der Waals surface area (Å²) in [5.41, 5.74) is 0. The molecule has 1 aliphatic heterocycles. The van der Waals surface area contributed by atoms with Gasteiger partial charge in [-0.15, -0.1) is 0 Å². The van der Waals surface area contributed by atoms with E-state index in [1.807, 2.05) is 7.05 Å². The van der Waals surface area contributed by atoms with Crippen molar-refractivity contribution in [1.82, 2.24) is 15.0 Å². The third-order valence-corrected chi connectivity index (χ3v) is 3.58. The van der Waals surface area contributed by atoms with Gasteiger partial charge in [-0.25, -0.2) is 0 Å². The molecule has 1 aliphatic rings. The standard InChI is InChI=1S/C14H26N6O/c1-6-19(7-2)13-16-12(15-5)17-14(18-13)20-8-10(3)21-11(4)9-20/h10-11H,6-9H2,1-5H3,(H,15,16,17,18)/t10-,11+. The molecule has 118 valence electrons. The van der Waals surface area contributed by atoms with Crippen molar-refractivity contribution >= 4 is 17.8 Å². The van der Waals surface area contributed by atoms with Gasteiger partial charge in [-0.3, -0.25) is 0 Å². The maximum Gasteiger partial charge on any atom is 0.232 e. The van der Waals surface area contributed by atoms with Crippen molar-refractivity contribution in [3.63, 3.8) is 0 Å². The summed E-state index contributed by atoms with van der Waals surface area (Å²) in [6, 6.07) is 0. The number of morpholine rings is 1. The molecule has 2 heterocycles. The average Bonchev–Trinajstić information content (AvgIpc) is 2.47. The molecule has 1 N–H and O–H groups in total. The van der Waals surface area contributed by atoms with Crippen LogP contribution < -0.4 is 15.1 Å². The Kier molecular flexibility index (Phi) is 5.17. The van der Waals surface area contributed by atoms with Gasteiger partial charge in [-0.05, 0) is 27.7 Å². The van der Waals surface area contributed by atoms with E-state index in [4.69, 9.17) is 4.74 Å². The van der Waals surface area contributed by atoms with E-state index in [-0.39, 0.29) is 12.2 Å². The summed E-state index contributed by atoms with van der Waals surface area (Å²) in [5.74, 6) is 2.05. The van der Waals surface area contributed by atoms with Gasteiger partial charge < -0.3 is 19.9 Å². The van der Waals surface area contributed by atoms with E-state index < -0.39 is 0 Å². The average molecular weight is 294 g/mol. The third-order valence-electron chi connectivity index (χ3n) is 3.58. The Labute approximate surface area is 126 Å². The number of ether oxygens (including phenoxy) is 1. The van der Waals surface area contributed by atoms with Crippen molar-refractivity contribution in [2.75, 3.05) is 48.3 Å². The van der Waals surface area contributed by atoms with Gasteiger partial charge in [0, 0.05) is 33.2 Å². The van der Waals surface area contributed by atoms with E-state index in [9.17, 15) is 0 Å². The van der Waals surface area contributed by atoms with Crippen molar-refractivity contribution < 1.29 is 4.74 Å². The van der Waals surface area contributed by atoms with E-state index in [0.717, 1.165) is 38.1 Å². The van der Waals surface area contributed by atoms with Crippen LogP contribution in [-0.4, -0.2) is 60.4 Å². The summed E-state index contributed by atoms with van der Waals surface area (Å²) in [6.07, 6.45) is 0.362. The summed E-state index contributed by atoms with van der Waals surface area (Å²) in [7, 11) is 1.83. The zero-order chi connectivity index (χ0) is 15.4. The molecule has 0 saturated carbocycles. The molecule has 2 rings (SSSR count). The van der Waals surface area contributed by atoms with Crippen LogP contribution in [0.3, 0.4) is 0 Å². The highest BCUT2D eigenvalue weighted by atomic mass is 16.5. The first-order valence-electron chi connectivity index (χ1n) is 7.66. The van der Waals surface area contributed by atoms with E-state index in [0.29, 0.717) is 5.95 Å². The smallest absolute Gasteiger partial charge is 0.232 e. The molecule has 0 spiro atoms. The molecule has 1 aromatic heterocycles. The maximum absolute atomic E-state index is 5.78. The fourth-order valence-corrected chi connectivity index (χ4v) is 2.60. The highest BCUT2D eigenvalue weighted by Crippen LogP contribution is 2.20. The molecule has 2 atom stereocenters. The Morgan fingerprint density at radius 2 is 1.76 bits per heavy atom. The Hall–Kier alpha value is -1.63. The lowest BCUT2D eigenvalue weighted by molar-refractivity contribution is -0.00572. The van der Waals surface area contributed by atoms with Crippen molar-refractivity contribution in [1.29, 1.82) is 0 Å². The van der Waals surface area contributed by atoms with E-state index >= 15 is 0 Å². The lowest BCUT2D eigenvalue weighted by atomic mass is 10.2. The summed E-state index contributed by atoms with van der Waals surface area (Å²) in [6.45, 7) is 11.7. The van der Waals surface area contributed by atoms with Crippen LogP contribution in [0.5, 0.6) is 0 Å². The molecule has 1 fully saturated rings. The topological polar surface area (TPSA) is 66.4 Å². The SMILES string of the molecule is CCN(CC)c1nc(NC)nc(N2C[C@@H](C)O[C@@H](C)C2)n1. The zero-order valence-corrected chi connectivity index (χ0v) is 13.6. The Morgan fingerprint density at radius 1 is 1.14 bits per heavy atom. The summed E-state index contributed by atoms with van der Waals surface area (Å²) >= 11 is 0. The van der Waals surface area contributed by atoms with Crippen LogP contribution in [0.25, 0.3) is 0 Å². The molecule has 0 aromatic carbocycles. The summed E-state index contributed by atoms with van der Waals surface area (Å²) in [4.78, 5) is 17.9. The lowest BCUT2D eigenvalue weighted by Gasteiger charge is -2.35. The molecule has 7 nitrogen and oxygen atoms in total. The van der Waals surface area contributed by atoms with Crippen molar-refractivity contribution in [3.05, 3.63) is 0 Å². The van der Waals surface area contributed by atoms with Gasteiger partial charge in [0.05, 0.1) is 12.2 Å². The largest absolute Gasteiger partial charge is 0.372 e. The number of hydrogen-bond acceptors (Lipinski definition) is 7. The molecule has 0 amide bonds. The first-order valence-corrected chi connectivity index (χ1v) is 7.66. The van der Waals surface area contributed by atoms with Gasteiger partial charge in [0.15, 0.2) is 0 Å². The third kappa shape index (κ3) is 3.72. The molecule has 0 bridgehead atoms. The molecule has 7 heteroatoms. The second kappa shape index (κ2) is 6.89. The Morgan fingerprint density at radius 3 is 2.29 bits per heavy atom. The van der Waals surface area contributed by atoms with Crippen LogP contribution >= 0.6 is 0 Å². The van der Waals surface area contributed by atoms with Crippen molar-refractivity contribution in [3.8, 4) is 0 Å². The van der Waals surface area contributed by atoms with Gasteiger partial charge in [0.2, 0.25) is 17.8 Å². The number of hydrogen-bond donors (Lipinski definition) is 1. The first kappa shape index (κ1) is 15.8. The summed E-state index contributed by atoms with van der Waals surface area (Å²) in [5, 5.41) is 3.03. The number of anilines is 3. The fourth-order valence-electron chi connectivity index (χ4n) is 2.60. The number of rotatable bonds is 5. The molecule has 1 aromatic rings.